The summed E-state index contributed by atoms with van der Waals surface area (Å²) in [4.78, 5) is 12.7. The highest BCUT2D eigenvalue weighted by Gasteiger charge is 2.30. The van der Waals surface area contributed by atoms with Gasteiger partial charge in [0.25, 0.3) is 0 Å². The molecule has 2 aliphatic heterocycles. The standard InChI is InChI=1S/C24H41N5O/c1-4-25-24(29-13-12-22(20-29)28-14-16-30-17-15-28)26-19-23(27(5-2)6-3)18-21-10-8-7-9-11-21/h7-11,22-23H,4-6,12-20H2,1-3H3,(H,25,26). The first-order chi connectivity index (χ1) is 14.7. The van der Waals surface area contributed by atoms with Crippen LogP contribution in [0.25, 0.3) is 0 Å². The first kappa shape index (κ1) is 23.0. The van der Waals surface area contributed by atoms with Gasteiger partial charge in [0.2, 0.25) is 0 Å². The summed E-state index contributed by atoms with van der Waals surface area (Å²) in [6.45, 7) is 16.6. The summed E-state index contributed by atoms with van der Waals surface area (Å²) in [6.07, 6.45) is 2.26. The second kappa shape index (κ2) is 12.3. The lowest BCUT2D eigenvalue weighted by Gasteiger charge is -2.32. The van der Waals surface area contributed by atoms with Gasteiger partial charge in [-0.1, -0.05) is 44.2 Å². The summed E-state index contributed by atoms with van der Waals surface area (Å²) in [5.41, 5.74) is 1.39. The Labute approximate surface area is 183 Å². The third-order valence-electron chi connectivity index (χ3n) is 6.45. The van der Waals surface area contributed by atoms with Gasteiger partial charge in [-0.2, -0.15) is 0 Å². The van der Waals surface area contributed by atoms with Crippen LogP contribution in [0.3, 0.4) is 0 Å². The van der Waals surface area contributed by atoms with Crippen LogP contribution < -0.4 is 5.32 Å². The predicted octanol–water partition coefficient (Wildman–Crippen LogP) is 2.31. The number of likely N-dealkylation sites (tertiary alicyclic amines) is 1. The number of benzene rings is 1. The maximum absolute atomic E-state index is 5.53. The average molecular weight is 416 g/mol. The van der Waals surface area contributed by atoms with E-state index in [-0.39, 0.29) is 0 Å². The molecule has 6 nitrogen and oxygen atoms in total. The van der Waals surface area contributed by atoms with Crippen LogP contribution in [-0.4, -0.2) is 98.3 Å². The van der Waals surface area contributed by atoms with E-state index in [9.17, 15) is 0 Å². The Morgan fingerprint density at radius 3 is 2.53 bits per heavy atom. The Kier molecular flexibility index (Phi) is 9.43. The fourth-order valence-electron chi connectivity index (χ4n) is 4.73. The van der Waals surface area contributed by atoms with E-state index in [1.165, 1.54) is 12.0 Å². The van der Waals surface area contributed by atoms with Crippen LogP contribution in [0.1, 0.15) is 32.8 Å². The zero-order valence-electron chi connectivity index (χ0n) is 19.2. The Morgan fingerprint density at radius 2 is 1.87 bits per heavy atom. The molecule has 30 heavy (non-hydrogen) atoms. The van der Waals surface area contributed by atoms with Crippen molar-refractivity contribution < 1.29 is 4.74 Å². The van der Waals surface area contributed by atoms with Crippen molar-refractivity contribution in [3.8, 4) is 0 Å². The lowest BCUT2D eigenvalue weighted by Crippen LogP contribution is -2.47. The molecule has 168 valence electrons. The number of hydrogen-bond donors (Lipinski definition) is 1. The van der Waals surface area contributed by atoms with Crippen molar-refractivity contribution in [3.63, 3.8) is 0 Å². The Morgan fingerprint density at radius 1 is 1.13 bits per heavy atom. The molecule has 1 N–H and O–H groups in total. The molecule has 2 atom stereocenters. The maximum Gasteiger partial charge on any atom is 0.194 e. The summed E-state index contributed by atoms with van der Waals surface area (Å²) in [7, 11) is 0. The zero-order chi connectivity index (χ0) is 21.2. The van der Waals surface area contributed by atoms with E-state index in [1.54, 1.807) is 0 Å². The minimum atomic E-state index is 0.425. The third-order valence-corrected chi connectivity index (χ3v) is 6.45. The van der Waals surface area contributed by atoms with E-state index in [4.69, 9.17) is 9.73 Å². The van der Waals surface area contributed by atoms with Crippen LogP contribution in [0, 0.1) is 0 Å². The number of likely N-dealkylation sites (N-methyl/N-ethyl adjacent to an activating group) is 1. The lowest BCUT2D eigenvalue weighted by atomic mass is 10.0. The van der Waals surface area contributed by atoms with E-state index in [0.29, 0.717) is 12.1 Å². The normalized spacial score (nSPS) is 21.9. The molecule has 2 heterocycles. The predicted molar refractivity (Wildman–Crippen MR) is 125 cm³/mol. The molecule has 1 aromatic carbocycles. The van der Waals surface area contributed by atoms with Crippen LogP contribution in [-0.2, 0) is 11.2 Å². The SMILES string of the molecule is CCNC(=NCC(Cc1ccccc1)N(CC)CC)N1CCC(N2CCOCC2)C1. The third kappa shape index (κ3) is 6.43. The van der Waals surface area contributed by atoms with E-state index < -0.39 is 0 Å². The fraction of sp³-hybridized carbons (Fsp3) is 0.708. The molecule has 6 heteroatoms. The highest BCUT2D eigenvalue weighted by molar-refractivity contribution is 5.80. The van der Waals surface area contributed by atoms with Crippen LogP contribution in [0.2, 0.25) is 0 Å². The van der Waals surface area contributed by atoms with Crippen LogP contribution in [0.5, 0.6) is 0 Å². The minimum absolute atomic E-state index is 0.425. The van der Waals surface area contributed by atoms with Crippen molar-refractivity contribution in [2.45, 2.75) is 45.7 Å². The van der Waals surface area contributed by atoms with E-state index in [0.717, 1.165) is 78.0 Å². The Bertz CT molecular complexity index is 628. The molecule has 0 aromatic heterocycles. The van der Waals surface area contributed by atoms with Gasteiger partial charge in [0.1, 0.15) is 0 Å². The van der Waals surface area contributed by atoms with Gasteiger partial charge in [0.05, 0.1) is 19.8 Å². The van der Waals surface area contributed by atoms with Gasteiger partial charge in [0.15, 0.2) is 5.96 Å². The molecule has 0 saturated carbocycles. The van der Waals surface area contributed by atoms with Gasteiger partial charge in [0, 0.05) is 44.8 Å². The van der Waals surface area contributed by atoms with Crippen molar-refractivity contribution in [1.29, 1.82) is 0 Å². The van der Waals surface area contributed by atoms with E-state index in [1.807, 2.05) is 0 Å². The number of morpholine rings is 1. The first-order valence-electron chi connectivity index (χ1n) is 11.9. The minimum Gasteiger partial charge on any atom is -0.379 e. The van der Waals surface area contributed by atoms with Crippen LogP contribution in [0.4, 0.5) is 0 Å². The highest BCUT2D eigenvalue weighted by Crippen LogP contribution is 2.17. The van der Waals surface area contributed by atoms with E-state index >= 15 is 0 Å². The fourth-order valence-corrected chi connectivity index (χ4v) is 4.73. The Balaban J connectivity index is 1.66. The number of nitrogens with one attached hydrogen (secondary N) is 1. The summed E-state index contributed by atoms with van der Waals surface area (Å²) >= 11 is 0. The second-order valence-corrected chi connectivity index (χ2v) is 8.30. The number of aliphatic imine (C=N–C) groups is 1. The highest BCUT2D eigenvalue weighted by atomic mass is 16.5. The molecule has 2 saturated heterocycles. The summed E-state index contributed by atoms with van der Waals surface area (Å²) in [5.74, 6) is 1.08. The van der Waals surface area contributed by atoms with Crippen molar-refractivity contribution in [3.05, 3.63) is 35.9 Å². The molecular weight excluding hydrogens is 374 g/mol. The summed E-state index contributed by atoms with van der Waals surface area (Å²) in [6, 6.07) is 11.9. The smallest absolute Gasteiger partial charge is 0.194 e. The molecule has 0 radical (unpaired) electrons. The maximum atomic E-state index is 5.53. The van der Waals surface area contributed by atoms with Gasteiger partial charge >= 0.3 is 0 Å². The largest absolute Gasteiger partial charge is 0.379 e. The van der Waals surface area contributed by atoms with Gasteiger partial charge in [-0.3, -0.25) is 14.8 Å². The quantitative estimate of drug-likeness (QED) is 0.495. The molecule has 0 bridgehead atoms. The number of nitrogens with zero attached hydrogens (tertiary/aromatic N) is 4. The topological polar surface area (TPSA) is 43.3 Å². The van der Waals surface area contributed by atoms with Crippen molar-refractivity contribution >= 4 is 5.96 Å². The summed E-state index contributed by atoms with van der Waals surface area (Å²) in [5, 5.41) is 3.56. The summed E-state index contributed by atoms with van der Waals surface area (Å²) < 4.78 is 5.53. The van der Waals surface area contributed by atoms with Gasteiger partial charge in [-0.25, -0.2) is 0 Å². The molecule has 1 aromatic rings. The Hall–Kier alpha value is -1.63. The van der Waals surface area contributed by atoms with Crippen LogP contribution >= 0.6 is 0 Å². The first-order valence-corrected chi connectivity index (χ1v) is 11.9. The molecule has 2 unspecified atom stereocenters. The molecular formula is C24H41N5O. The molecule has 2 fully saturated rings. The molecule has 0 aliphatic carbocycles. The second-order valence-electron chi connectivity index (χ2n) is 8.30. The molecule has 2 aliphatic rings. The number of guanidine groups is 1. The number of hydrogen-bond acceptors (Lipinski definition) is 4. The lowest BCUT2D eigenvalue weighted by molar-refractivity contribution is 0.0195. The van der Waals surface area contributed by atoms with Crippen molar-refractivity contribution in [2.75, 3.05) is 65.6 Å². The van der Waals surface area contributed by atoms with Gasteiger partial charge < -0.3 is 15.0 Å². The zero-order valence-corrected chi connectivity index (χ0v) is 19.2. The van der Waals surface area contributed by atoms with Crippen molar-refractivity contribution in [1.82, 2.24) is 20.0 Å². The number of rotatable bonds is 9. The molecule has 0 amide bonds. The van der Waals surface area contributed by atoms with Gasteiger partial charge in [-0.15, -0.1) is 0 Å². The van der Waals surface area contributed by atoms with Crippen molar-refractivity contribution in [2.24, 2.45) is 4.99 Å². The van der Waals surface area contributed by atoms with Gasteiger partial charge in [-0.05, 0) is 38.4 Å². The molecule has 3 rings (SSSR count). The van der Waals surface area contributed by atoms with Crippen LogP contribution in [0.15, 0.2) is 35.3 Å². The molecule has 0 spiro atoms. The van der Waals surface area contributed by atoms with E-state index in [2.05, 4.69) is 71.1 Å². The average Bonchev–Trinajstić information content (AvgIpc) is 3.28. The number of ether oxygens (including phenoxy) is 1. The monoisotopic (exact) mass is 415 g/mol.